The molecule has 0 bridgehead atoms. The molecule has 0 radical (unpaired) electrons. The van der Waals surface area contributed by atoms with Crippen LogP contribution in [-0.2, 0) is 16.6 Å². The second-order valence-corrected chi connectivity index (χ2v) is 8.37. The Morgan fingerprint density at radius 1 is 1.38 bits per heavy atom. The summed E-state index contributed by atoms with van der Waals surface area (Å²) in [6.07, 6.45) is 7.70. The number of H-pyrrole nitrogens is 1. The Morgan fingerprint density at radius 3 is 2.92 bits per heavy atom. The highest BCUT2D eigenvalue weighted by molar-refractivity contribution is 7.86. The molecule has 3 rings (SSSR count). The van der Waals surface area contributed by atoms with Crippen LogP contribution in [0.25, 0.3) is 11.4 Å². The van der Waals surface area contributed by atoms with E-state index in [1.54, 1.807) is 37.0 Å². The Kier molecular flexibility index (Phi) is 4.93. The SMILES string of the molecule is CN(C)S(=O)(=O)N1CCC[C@H](Cc2cncc(-c3ccn[nH]3)n2)C1. The molecule has 1 atom stereocenters. The van der Waals surface area contributed by atoms with Gasteiger partial charge in [0, 0.05) is 39.6 Å². The fourth-order valence-electron chi connectivity index (χ4n) is 2.96. The second kappa shape index (κ2) is 6.96. The largest absolute Gasteiger partial charge is 0.281 e. The van der Waals surface area contributed by atoms with Gasteiger partial charge in [-0.1, -0.05) is 0 Å². The van der Waals surface area contributed by atoms with E-state index in [-0.39, 0.29) is 5.92 Å². The minimum atomic E-state index is -3.35. The second-order valence-electron chi connectivity index (χ2n) is 6.23. The first-order valence-electron chi connectivity index (χ1n) is 7.95. The lowest BCUT2D eigenvalue weighted by Crippen LogP contribution is -2.45. The van der Waals surface area contributed by atoms with E-state index in [1.807, 2.05) is 6.07 Å². The molecule has 1 N–H and O–H groups in total. The van der Waals surface area contributed by atoms with Gasteiger partial charge in [-0.2, -0.15) is 22.1 Å². The van der Waals surface area contributed by atoms with Gasteiger partial charge in [-0.05, 0) is 31.2 Å². The number of rotatable bonds is 5. The Hall–Kier alpha value is -1.84. The van der Waals surface area contributed by atoms with Gasteiger partial charge in [-0.3, -0.25) is 10.1 Å². The van der Waals surface area contributed by atoms with Crippen molar-refractivity contribution in [2.75, 3.05) is 27.2 Å². The fraction of sp³-hybridized carbons (Fsp3) is 0.533. The van der Waals surface area contributed by atoms with E-state index in [1.165, 1.54) is 4.31 Å². The summed E-state index contributed by atoms with van der Waals surface area (Å²) in [5, 5.41) is 6.80. The zero-order valence-corrected chi connectivity index (χ0v) is 14.7. The average molecular weight is 350 g/mol. The van der Waals surface area contributed by atoms with Crippen molar-refractivity contribution in [2.24, 2.45) is 5.92 Å². The molecule has 130 valence electrons. The third-order valence-electron chi connectivity index (χ3n) is 4.23. The molecular weight excluding hydrogens is 328 g/mol. The molecule has 1 fully saturated rings. The molecule has 1 aliphatic rings. The molecule has 0 saturated carbocycles. The molecular formula is C15H22N6O2S. The van der Waals surface area contributed by atoms with Gasteiger partial charge in [0.05, 0.1) is 17.6 Å². The Morgan fingerprint density at radius 2 is 2.21 bits per heavy atom. The van der Waals surface area contributed by atoms with E-state index >= 15 is 0 Å². The molecule has 0 unspecified atom stereocenters. The summed E-state index contributed by atoms with van der Waals surface area (Å²) in [5.74, 6) is 0.250. The van der Waals surface area contributed by atoms with Crippen LogP contribution in [0.3, 0.4) is 0 Å². The Labute approximate surface area is 142 Å². The van der Waals surface area contributed by atoms with Gasteiger partial charge in [0.15, 0.2) is 0 Å². The van der Waals surface area contributed by atoms with E-state index in [0.717, 1.165) is 29.9 Å². The number of nitrogens with zero attached hydrogens (tertiary/aromatic N) is 5. The van der Waals surface area contributed by atoms with Crippen molar-refractivity contribution >= 4 is 10.2 Å². The number of hydrogen-bond donors (Lipinski definition) is 1. The highest BCUT2D eigenvalue weighted by atomic mass is 32.2. The van der Waals surface area contributed by atoms with Crippen LogP contribution in [0.2, 0.25) is 0 Å². The average Bonchev–Trinajstić information content (AvgIpc) is 3.10. The summed E-state index contributed by atoms with van der Waals surface area (Å²) in [5.41, 5.74) is 2.44. The van der Waals surface area contributed by atoms with Crippen molar-refractivity contribution in [3.8, 4) is 11.4 Å². The maximum absolute atomic E-state index is 12.3. The normalized spacial score (nSPS) is 19.7. The number of piperidine rings is 1. The lowest BCUT2D eigenvalue weighted by Gasteiger charge is -2.33. The molecule has 24 heavy (non-hydrogen) atoms. The van der Waals surface area contributed by atoms with Crippen molar-refractivity contribution in [1.82, 2.24) is 28.8 Å². The molecule has 8 nitrogen and oxygen atoms in total. The van der Waals surface area contributed by atoms with Crippen LogP contribution in [0.5, 0.6) is 0 Å². The van der Waals surface area contributed by atoms with Gasteiger partial charge < -0.3 is 0 Å². The van der Waals surface area contributed by atoms with Gasteiger partial charge >= 0.3 is 0 Å². The van der Waals surface area contributed by atoms with Crippen LogP contribution in [0.4, 0.5) is 0 Å². The predicted molar refractivity (Wildman–Crippen MR) is 90.2 cm³/mol. The maximum atomic E-state index is 12.3. The van der Waals surface area contributed by atoms with Crippen LogP contribution < -0.4 is 0 Å². The number of hydrogen-bond acceptors (Lipinski definition) is 5. The van der Waals surface area contributed by atoms with Crippen LogP contribution >= 0.6 is 0 Å². The van der Waals surface area contributed by atoms with Crippen LogP contribution in [-0.4, -0.2) is 64.4 Å². The van der Waals surface area contributed by atoms with Crippen LogP contribution in [0, 0.1) is 5.92 Å². The molecule has 0 spiro atoms. The summed E-state index contributed by atoms with van der Waals surface area (Å²) in [4.78, 5) is 8.87. The molecule has 9 heteroatoms. The fourth-order valence-corrected chi connectivity index (χ4v) is 4.18. The minimum Gasteiger partial charge on any atom is -0.276 e. The predicted octanol–water partition coefficient (Wildman–Crippen LogP) is 0.928. The standard InChI is InChI=1S/C15H22N6O2S/c1-20(2)24(22,23)21-7-3-4-12(11-21)8-13-9-16-10-15(18-13)14-5-6-17-19-14/h5-6,9-10,12H,3-4,7-8,11H2,1-2H3,(H,17,19)/t12-/m1/s1. The molecule has 0 aromatic carbocycles. The maximum Gasteiger partial charge on any atom is 0.281 e. The Bertz CT molecular complexity index is 775. The van der Waals surface area contributed by atoms with E-state index in [0.29, 0.717) is 19.5 Å². The van der Waals surface area contributed by atoms with Gasteiger partial charge in [0.2, 0.25) is 0 Å². The van der Waals surface area contributed by atoms with Crippen LogP contribution in [0.15, 0.2) is 24.7 Å². The minimum absolute atomic E-state index is 0.250. The quantitative estimate of drug-likeness (QED) is 0.865. The molecule has 2 aromatic rings. The summed E-state index contributed by atoms with van der Waals surface area (Å²) < 4.78 is 27.4. The first-order chi connectivity index (χ1) is 11.5. The topological polar surface area (TPSA) is 95.1 Å². The first kappa shape index (κ1) is 17.0. The summed E-state index contributed by atoms with van der Waals surface area (Å²) in [6.45, 7) is 1.10. The van der Waals surface area contributed by atoms with Gasteiger partial charge in [0.25, 0.3) is 10.2 Å². The third kappa shape index (κ3) is 3.63. The highest BCUT2D eigenvalue weighted by Crippen LogP contribution is 2.23. The lowest BCUT2D eigenvalue weighted by molar-refractivity contribution is 0.253. The van der Waals surface area contributed by atoms with Crippen molar-refractivity contribution in [3.63, 3.8) is 0 Å². The molecule has 3 heterocycles. The summed E-state index contributed by atoms with van der Waals surface area (Å²) >= 11 is 0. The zero-order chi connectivity index (χ0) is 17.2. The first-order valence-corrected chi connectivity index (χ1v) is 9.35. The number of aromatic nitrogens is 4. The van der Waals surface area contributed by atoms with E-state index in [9.17, 15) is 8.42 Å². The number of aromatic amines is 1. The van der Waals surface area contributed by atoms with E-state index in [2.05, 4.69) is 20.2 Å². The molecule has 1 aliphatic heterocycles. The molecule has 0 amide bonds. The van der Waals surface area contributed by atoms with Gasteiger partial charge in [-0.25, -0.2) is 4.98 Å². The molecule has 2 aromatic heterocycles. The van der Waals surface area contributed by atoms with Crippen LogP contribution in [0.1, 0.15) is 18.5 Å². The van der Waals surface area contributed by atoms with E-state index < -0.39 is 10.2 Å². The highest BCUT2D eigenvalue weighted by Gasteiger charge is 2.30. The summed E-state index contributed by atoms with van der Waals surface area (Å²) in [7, 11) is -0.216. The number of nitrogens with one attached hydrogen (secondary N) is 1. The zero-order valence-electron chi connectivity index (χ0n) is 13.9. The Balaban J connectivity index is 1.71. The molecule has 0 aliphatic carbocycles. The van der Waals surface area contributed by atoms with E-state index in [4.69, 9.17) is 0 Å². The third-order valence-corrected chi connectivity index (χ3v) is 6.14. The van der Waals surface area contributed by atoms with Crippen molar-refractivity contribution in [1.29, 1.82) is 0 Å². The van der Waals surface area contributed by atoms with Crippen molar-refractivity contribution < 1.29 is 8.42 Å². The van der Waals surface area contributed by atoms with Crippen molar-refractivity contribution in [3.05, 3.63) is 30.4 Å². The lowest BCUT2D eigenvalue weighted by atomic mass is 9.95. The monoisotopic (exact) mass is 350 g/mol. The van der Waals surface area contributed by atoms with Crippen molar-refractivity contribution in [2.45, 2.75) is 19.3 Å². The summed E-state index contributed by atoms with van der Waals surface area (Å²) in [6, 6.07) is 1.85. The van der Waals surface area contributed by atoms with Gasteiger partial charge in [-0.15, -0.1) is 0 Å². The van der Waals surface area contributed by atoms with Gasteiger partial charge in [0.1, 0.15) is 5.69 Å². The molecule has 1 saturated heterocycles. The smallest absolute Gasteiger partial charge is 0.276 e.